The Kier molecular flexibility index (Phi) is 22.3. The summed E-state index contributed by atoms with van der Waals surface area (Å²) in [6, 6.07) is 138. The van der Waals surface area contributed by atoms with E-state index < -0.39 is 0 Å². The molecule has 0 spiro atoms. The monoisotopic (exact) mass is 1900 g/mol. The highest BCUT2D eigenvalue weighted by Crippen LogP contribution is 2.45. The molecule has 146 heavy (non-hydrogen) atoms. The molecular formula is C125H88N12O9. The SMILES string of the molecule is CC(C)(C)c1ccc2oc(-c3ccc(N(c4ccc(-c5nc6ccccc6o5)cc4)c4ccc(-c5nc6ccccc6o5)cc4)cc3)nc2c1.CCc1ccc2nc(-c3ccc(N(c4ccc(-c5nc6ccccc6o5)cc4)c4ccc(-c5nc6ccccc6o5)cc4)cc3)oc2c1.Cc1ccc2nc(-c3ccc(N(c4ccc(-c5nc6ccccc6o5)cc4)c4ccc(-c5nc6ccc(C)cc6o5)cc4)cc3)oc2c1. The molecule has 9 heterocycles. The first-order valence-corrected chi connectivity index (χ1v) is 48.3. The van der Waals surface area contributed by atoms with Crippen LogP contribution in [0.3, 0.4) is 0 Å². The Bertz CT molecular complexity index is 8960. The Labute approximate surface area is 836 Å². The predicted octanol–water partition coefficient (Wildman–Crippen LogP) is 34.2. The van der Waals surface area contributed by atoms with Crippen LogP contribution in [0, 0.1) is 13.8 Å². The lowest BCUT2D eigenvalue weighted by atomic mass is 9.87. The lowest BCUT2D eigenvalue weighted by Crippen LogP contribution is -2.10. The first-order valence-electron chi connectivity index (χ1n) is 48.3. The molecule has 27 rings (SSSR count). The van der Waals surface area contributed by atoms with Crippen molar-refractivity contribution >= 4 is 151 Å². The third-order valence-electron chi connectivity index (χ3n) is 26.0. The van der Waals surface area contributed by atoms with Gasteiger partial charge in [0, 0.05) is 101 Å². The van der Waals surface area contributed by atoms with E-state index in [4.69, 9.17) is 59.7 Å². The fourth-order valence-corrected chi connectivity index (χ4v) is 18.2. The normalized spacial score (nSPS) is 11.7. The minimum atomic E-state index is 0.0277. The molecule has 0 bridgehead atoms. The van der Waals surface area contributed by atoms with Gasteiger partial charge in [-0.3, -0.25) is 0 Å². The van der Waals surface area contributed by atoms with Gasteiger partial charge < -0.3 is 54.5 Å². The Morgan fingerprint density at radius 2 is 0.377 bits per heavy atom. The summed E-state index contributed by atoms with van der Waals surface area (Å²) in [5.41, 5.74) is 36.2. The maximum Gasteiger partial charge on any atom is 0.227 e. The zero-order chi connectivity index (χ0) is 98.0. The Hall–Kier alpha value is -19.4. The van der Waals surface area contributed by atoms with Gasteiger partial charge in [0.1, 0.15) is 49.7 Å². The maximum atomic E-state index is 6.19. The molecule has 0 unspecified atom stereocenters. The van der Waals surface area contributed by atoms with Crippen LogP contribution in [0.4, 0.5) is 51.2 Å². The summed E-state index contributed by atoms with van der Waals surface area (Å²) in [6.07, 6.45) is 0.946. The number of para-hydroxylation sites is 10. The molecule has 0 atom stereocenters. The summed E-state index contributed by atoms with van der Waals surface area (Å²) < 4.78 is 54.8. The molecule has 9 aromatic heterocycles. The second kappa shape index (κ2) is 37.0. The van der Waals surface area contributed by atoms with Crippen LogP contribution in [0.1, 0.15) is 49.9 Å². The number of hydrogen-bond donors (Lipinski definition) is 0. The standard InChI is InChI=1S/C43H32N4O3.2C41H28N4O3/c1-43(2,3)30-18-25-39-36(26-30)46-42(50-39)29-16-23-33(24-17-29)47(31-19-12-27(13-20-31)40-44-34-8-4-6-10-37(34)48-40)32-21-14-28(15-22-32)41-45-35-9-5-7-11-38(35)49-41;1-25-7-21-34-37(23-25)47-40(43-34)28-11-17-31(18-12-28)45(30-15-9-27(10-16-30)39-42-33-5-3-4-6-36(33)46-39)32-19-13-29(14-20-32)41-44-35-22-8-26(2)24-38(35)48-41;1-2-26-11-24-35-38(25-26)48-41(44-35)29-16-22-32(23-17-29)45(30-18-12-27(13-19-30)39-42-33-7-3-5-9-36(33)46-39)31-20-14-28(15-21-31)40-43-34-8-4-6-10-37(34)47-40/h4-26H,1-3H3;3-24H,1-2H3;3-25H,2H2,1H3. The highest BCUT2D eigenvalue weighted by atomic mass is 16.4. The van der Waals surface area contributed by atoms with Gasteiger partial charge in [-0.2, -0.15) is 0 Å². The van der Waals surface area contributed by atoms with Gasteiger partial charge in [0.25, 0.3) is 0 Å². The average molecular weight is 1900 g/mol. The van der Waals surface area contributed by atoms with Crippen LogP contribution in [-0.4, -0.2) is 44.9 Å². The number of benzene rings is 18. The Balaban J connectivity index is 0.000000114. The Morgan fingerprint density at radius 1 is 0.185 bits per heavy atom. The van der Waals surface area contributed by atoms with Gasteiger partial charge in [-0.15, -0.1) is 0 Å². The third kappa shape index (κ3) is 17.5. The molecule has 0 amide bonds. The van der Waals surface area contributed by atoms with Crippen molar-refractivity contribution < 1.29 is 39.8 Å². The third-order valence-corrected chi connectivity index (χ3v) is 26.0. The molecule has 702 valence electrons. The van der Waals surface area contributed by atoms with E-state index in [0.717, 1.165) is 219 Å². The molecule has 27 aromatic rings. The Morgan fingerprint density at radius 3 is 0.596 bits per heavy atom. The van der Waals surface area contributed by atoms with Crippen LogP contribution in [0.25, 0.3) is 203 Å². The second-order valence-electron chi connectivity index (χ2n) is 37.0. The highest BCUT2D eigenvalue weighted by molar-refractivity contribution is 5.90. The van der Waals surface area contributed by atoms with Crippen molar-refractivity contribution in [2.24, 2.45) is 0 Å². The number of nitrogens with zero attached hydrogens (tertiary/aromatic N) is 12. The molecule has 0 aliphatic rings. The van der Waals surface area contributed by atoms with Gasteiger partial charge in [0.2, 0.25) is 53.0 Å². The number of anilines is 9. The van der Waals surface area contributed by atoms with Crippen molar-refractivity contribution in [3.05, 3.63) is 435 Å². The number of fused-ring (bicyclic) bond motifs is 9. The zero-order valence-electron chi connectivity index (χ0n) is 80.0. The molecular weight excluding hydrogens is 1810 g/mol. The molecule has 0 aliphatic heterocycles. The maximum absolute atomic E-state index is 6.19. The molecule has 21 nitrogen and oxygen atoms in total. The van der Waals surface area contributed by atoms with E-state index in [2.05, 4.69) is 213 Å². The van der Waals surface area contributed by atoms with E-state index in [1.807, 2.05) is 281 Å². The summed E-state index contributed by atoms with van der Waals surface area (Å²) in [5.74, 6) is 5.31. The van der Waals surface area contributed by atoms with Gasteiger partial charge >= 0.3 is 0 Å². The molecule has 18 aromatic carbocycles. The van der Waals surface area contributed by atoms with Gasteiger partial charge in [0.15, 0.2) is 50.2 Å². The first kappa shape index (κ1) is 88.0. The van der Waals surface area contributed by atoms with Crippen LogP contribution < -0.4 is 14.7 Å². The van der Waals surface area contributed by atoms with Crippen LogP contribution in [0.5, 0.6) is 0 Å². The number of hydrogen-bond acceptors (Lipinski definition) is 21. The largest absolute Gasteiger partial charge is 0.436 e. The summed E-state index contributed by atoms with van der Waals surface area (Å²) in [7, 11) is 0. The van der Waals surface area contributed by atoms with Crippen LogP contribution >= 0.6 is 0 Å². The van der Waals surface area contributed by atoms with Gasteiger partial charge in [0.05, 0.1) is 0 Å². The minimum absolute atomic E-state index is 0.0277. The number of oxazole rings is 9. The number of aromatic nitrogens is 9. The van der Waals surface area contributed by atoms with E-state index in [1.54, 1.807) is 0 Å². The van der Waals surface area contributed by atoms with Gasteiger partial charge in [-0.25, -0.2) is 44.9 Å². The molecule has 0 fully saturated rings. The van der Waals surface area contributed by atoms with Crippen LogP contribution in [0.15, 0.2) is 452 Å². The fraction of sp³-hybridized carbons (Fsp3) is 0.0640. The van der Waals surface area contributed by atoms with Crippen molar-refractivity contribution in [3.8, 4) is 103 Å². The summed E-state index contributed by atoms with van der Waals surface area (Å²) in [4.78, 5) is 49.1. The molecule has 21 heteroatoms. The van der Waals surface area contributed by atoms with Crippen molar-refractivity contribution in [1.29, 1.82) is 0 Å². The van der Waals surface area contributed by atoms with E-state index >= 15 is 0 Å². The predicted molar refractivity (Wildman–Crippen MR) is 578 cm³/mol. The summed E-state index contributed by atoms with van der Waals surface area (Å²) in [5, 5.41) is 0. The van der Waals surface area contributed by atoms with E-state index in [9.17, 15) is 0 Å². The molecule has 0 aliphatic carbocycles. The van der Waals surface area contributed by atoms with Gasteiger partial charge in [-0.1, -0.05) is 113 Å². The quantitative estimate of drug-likeness (QED) is 0.0730. The van der Waals surface area contributed by atoms with Crippen LogP contribution in [-0.2, 0) is 11.8 Å². The first-order chi connectivity index (χ1) is 71.6. The lowest BCUT2D eigenvalue weighted by molar-refractivity contribution is 0.590. The van der Waals surface area contributed by atoms with Crippen molar-refractivity contribution in [2.45, 2.75) is 53.4 Å². The van der Waals surface area contributed by atoms with Crippen molar-refractivity contribution in [2.75, 3.05) is 14.7 Å². The van der Waals surface area contributed by atoms with E-state index in [0.29, 0.717) is 53.0 Å². The average Bonchev–Trinajstić information content (AvgIpc) is 1.73. The van der Waals surface area contributed by atoms with Gasteiger partial charge in [-0.05, 0) is 376 Å². The smallest absolute Gasteiger partial charge is 0.227 e. The summed E-state index contributed by atoms with van der Waals surface area (Å²) in [6.45, 7) is 12.8. The fourth-order valence-electron chi connectivity index (χ4n) is 18.2. The number of rotatable bonds is 19. The lowest BCUT2D eigenvalue weighted by Gasteiger charge is -2.26. The van der Waals surface area contributed by atoms with Crippen molar-refractivity contribution in [3.63, 3.8) is 0 Å². The molecule has 0 N–H and O–H groups in total. The van der Waals surface area contributed by atoms with E-state index in [1.165, 1.54) is 11.1 Å². The molecule has 0 saturated heterocycles. The van der Waals surface area contributed by atoms with E-state index in [-0.39, 0.29) is 5.41 Å². The highest BCUT2D eigenvalue weighted by Gasteiger charge is 2.25. The minimum Gasteiger partial charge on any atom is -0.436 e. The number of aryl methyl sites for hydroxylation is 3. The van der Waals surface area contributed by atoms with Crippen LogP contribution in [0.2, 0.25) is 0 Å². The van der Waals surface area contributed by atoms with Crippen molar-refractivity contribution in [1.82, 2.24) is 44.9 Å². The topological polar surface area (TPSA) is 244 Å². The zero-order valence-corrected chi connectivity index (χ0v) is 80.0. The molecule has 0 saturated carbocycles. The second-order valence-corrected chi connectivity index (χ2v) is 37.0. The molecule has 0 radical (unpaired) electrons. The summed E-state index contributed by atoms with van der Waals surface area (Å²) >= 11 is 0.